The van der Waals surface area contributed by atoms with Gasteiger partial charge in [0.25, 0.3) is 0 Å². The topological polar surface area (TPSA) is 32.5 Å². The van der Waals surface area contributed by atoms with E-state index in [-0.39, 0.29) is 5.82 Å². The van der Waals surface area contributed by atoms with Crippen LogP contribution < -0.4 is 10.6 Å². The molecule has 1 heterocycles. The summed E-state index contributed by atoms with van der Waals surface area (Å²) < 4.78 is 13.4. The molecule has 1 aliphatic heterocycles. The summed E-state index contributed by atoms with van der Waals surface area (Å²) in [6, 6.07) is 3.31. The summed E-state index contributed by atoms with van der Waals surface area (Å²) in [5, 5.41) is 0. The molecule has 0 spiro atoms. The Bertz CT molecular complexity index is 437. The average molecular weight is 265 g/mol. The SMILES string of the molecule is Cc1cc(N2CCC(CN(C)C)CC2)c(N)cc1F. The smallest absolute Gasteiger partial charge is 0.128 e. The fraction of sp³-hybridized carbons (Fsp3) is 0.600. The third kappa shape index (κ3) is 3.38. The highest BCUT2D eigenvalue weighted by atomic mass is 19.1. The van der Waals surface area contributed by atoms with Crippen molar-refractivity contribution in [3.05, 3.63) is 23.5 Å². The predicted molar refractivity (Wildman–Crippen MR) is 79.0 cm³/mol. The van der Waals surface area contributed by atoms with Gasteiger partial charge in [-0.05, 0) is 57.5 Å². The Morgan fingerprint density at radius 3 is 2.53 bits per heavy atom. The van der Waals surface area contributed by atoms with Gasteiger partial charge >= 0.3 is 0 Å². The first kappa shape index (κ1) is 14.1. The van der Waals surface area contributed by atoms with Gasteiger partial charge < -0.3 is 15.5 Å². The maximum atomic E-state index is 13.4. The van der Waals surface area contributed by atoms with Gasteiger partial charge in [0.05, 0.1) is 11.4 Å². The highest BCUT2D eigenvalue weighted by molar-refractivity contribution is 5.68. The van der Waals surface area contributed by atoms with Gasteiger partial charge in [-0.3, -0.25) is 0 Å². The number of benzene rings is 1. The second-order valence-corrected chi connectivity index (χ2v) is 5.85. The van der Waals surface area contributed by atoms with E-state index in [1.165, 1.54) is 18.9 Å². The van der Waals surface area contributed by atoms with Crippen LogP contribution in [-0.2, 0) is 0 Å². The van der Waals surface area contributed by atoms with Crippen molar-refractivity contribution in [3.63, 3.8) is 0 Å². The van der Waals surface area contributed by atoms with Gasteiger partial charge in [0.1, 0.15) is 5.82 Å². The van der Waals surface area contributed by atoms with Gasteiger partial charge in [-0.15, -0.1) is 0 Å². The fourth-order valence-corrected chi connectivity index (χ4v) is 2.83. The number of halogens is 1. The number of rotatable bonds is 3. The molecule has 0 aromatic heterocycles. The number of nitrogens with two attached hydrogens (primary N) is 1. The Balaban J connectivity index is 2.03. The summed E-state index contributed by atoms with van der Waals surface area (Å²) in [6.07, 6.45) is 2.35. The lowest BCUT2D eigenvalue weighted by atomic mass is 9.95. The molecule has 19 heavy (non-hydrogen) atoms. The van der Waals surface area contributed by atoms with Crippen LogP contribution in [0.25, 0.3) is 0 Å². The first-order chi connectivity index (χ1) is 8.97. The van der Waals surface area contributed by atoms with Crippen molar-refractivity contribution < 1.29 is 4.39 Å². The standard InChI is InChI=1S/C15H24FN3/c1-11-8-15(14(17)9-13(11)16)19-6-4-12(5-7-19)10-18(2)3/h8-9,12H,4-7,10,17H2,1-3H3. The van der Waals surface area contributed by atoms with Crippen molar-refractivity contribution in [2.45, 2.75) is 19.8 Å². The van der Waals surface area contributed by atoms with Gasteiger partial charge in [0.2, 0.25) is 0 Å². The van der Waals surface area contributed by atoms with E-state index in [2.05, 4.69) is 23.9 Å². The molecule has 0 unspecified atom stereocenters. The van der Waals surface area contributed by atoms with Crippen molar-refractivity contribution >= 4 is 11.4 Å². The molecule has 0 atom stereocenters. The maximum absolute atomic E-state index is 13.4. The molecule has 0 saturated carbocycles. The van der Waals surface area contributed by atoms with Crippen LogP contribution in [0.5, 0.6) is 0 Å². The number of aryl methyl sites for hydroxylation is 1. The van der Waals surface area contributed by atoms with Crippen LogP contribution in [0.1, 0.15) is 18.4 Å². The largest absolute Gasteiger partial charge is 0.397 e. The molecule has 1 fully saturated rings. The molecule has 4 heteroatoms. The molecule has 1 aromatic rings. The Kier molecular flexibility index (Phi) is 4.30. The zero-order valence-corrected chi connectivity index (χ0v) is 12.1. The molecular weight excluding hydrogens is 241 g/mol. The second-order valence-electron chi connectivity index (χ2n) is 5.85. The number of anilines is 2. The quantitative estimate of drug-likeness (QED) is 0.852. The molecular formula is C15H24FN3. The van der Waals surface area contributed by atoms with Gasteiger partial charge in [0.15, 0.2) is 0 Å². The Morgan fingerprint density at radius 1 is 1.32 bits per heavy atom. The minimum Gasteiger partial charge on any atom is -0.397 e. The number of piperidine rings is 1. The van der Waals surface area contributed by atoms with Crippen LogP contribution >= 0.6 is 0 Å². The van der Waals surface area contributed by atoms with Crippen molar-refractivity contribution in [1.82, 2.24) is 4.90 Å². The molecule has 2 N–H and O–H groups in total. The van der Waals surface area contributed by atoms with Crippen LogP contribution in [0.3, 0.4) is 0 Å². The van der Waals surface area contributed by atoms with Crippen molar-refractivity contribution in [2.75, 3.05) is 44.4 Å². The van der Waals surface area contributed by atoms with Crippen LogP contribution in [-0.4, -0.2) is 38.6 Å². The monoisotopic (exact) mass is 265 g/mol. The number of hydrogen-bond acceptors (Lipinski definition) is 3. The predicted octanol–water partition coefficient (Wildman–Crippen LogP) is 2.49. The lowest BCUT2D eigenvalue weighted by molar-refractivity contribution is 0.285. The van der Waals surface area contributed by atoms with Crippen molar-refractivity contribution in [3.8, 4) is 0 Å². The van der Waals surface area contributed by atoms with Crippen LogP contribution in [0.4, 0.5) is 15.8 Å². The minimum atomic E-state index is -0.219. The van der Waals surface area contributed by atoms with Crippen LogP contribution in [0.2, 0.25) is 0 Å². The van der Waals surface area contributed by atoms with E-state index in [1.54, 1.807) is 6.92 Å². The minimum absolute atomic E-state index is 0.219. The highest BCUT2D eigenvalue weighted by Gasteiger charge is 2.21. The Hall–Kier alpha value is -1.29. The molecule has 1 saturated heterocycles. The molecule has 1 aromatic carbocycles. The second kappa shape index (κ2) is 5.78. The molecule has 3 nitrogen and oxygen atoms in total. The van der Waals surface area contributed by atoms with E-state index >= 15 is 0 Å². The van der Waals surface area contributed by atoms with E-state index in [0.717, 1.165) is 31.2 Å². The van der Waals surface area contributed by atoms with E-state index < -0.39 is 0 Å². The molecule has 0 aliphatic carbocycles. The van der Waals surface area contributed by atoms with Crippen molar-refractivity contribution in [2.24, 2.45) is 5.92 Å². The lowest BCUT2D eigenvalue weighted by Crippen LogP contribution is -2.37. The van der Waals surface area contributed by atoms with E-state index in [1.807, 2.05) is 6.07 Å². The normalized spacial score (nSPS) is 17.2. The van der Waals surface area contributed by atoms with Crippen LogP contribution in [0, 0.1) is 18.7 Å². The molecule has 2 rings (SSSR count). The first-order valence-electron chi connectivity index (χ1n) is 6.92. The van der Waals surface area contributed by atoms with E-state index in [0.29, 0.717) is 11.3 Å². The summed E-state index contributed by atoms with van der Waals surface area (Å²) in [5.74, 6) is 0.540. The average Bonchev–Trinajstić information content (AvgIpc) is 2.34. The fourth-order valence-electron chi connectivity index (χ4n) is 2.83. The van der Waals surface area contributed by atoms with E-state index in [9.17, 15) is 4.39 Å². The summed E-state index contributed by atoms with van der Waals surface area (Å²) in [5.41, 5.74) is 8.15. The highest BCUT2D eigenvalue weighted by Crippen LogP contribution is 2.30. The van der Waals surface area contributed by atoms with E-state index in [4.69, 9.17) is 5.73 Å². The van der Waals surface area contributed by atoms with Gasteiger partial charge in [-0.1, -0.05) is 0 Å². The summed E-state index contributed by atoms with van der Waals surface area (Å²) in [7, 11) is 4.24. The molecule has 0 amide bonds. The Labute approximate surface area is 115 Å². The molecule has 1 aliphatic rings. The van der Waals surface area contributed by atoms with Gasteiger partial charge in [0, 0.05) is 19.6 Å². The van der Waals surface area contributed by atoms with Gasteiger partial charge in [-0.2, -0.15) is 0 Å². The van der Waals surface area contributed by atoms with Crippen LogP contribution in [0.15, 0.2) is 12.1 Å². The number of hydrogen-bond donors (Lipinski definition) is 1. The van der Waals surface area contributed by atoms with Gasteiger partial charge in [-0.25, -0.2) is 4.39 Å². The summed E-state index contributed by atoms with van der Waals surface area (Å²) >= 11 is 0. The lowest BCUT2D eigenvalue weighted by Gasteiger charge is -2.35. The van der Waals surface area contributed by atoms with Crippen molar-refractivity contribution in [1.29, 1.82) is 0 Å². The first-order valence-corrected chi connectivity index (χ1v) is 6.92. The third-order valence-electron chi connectivity index (χ3n) is 3.89. The molecule has 0 bridgehead atoms. The number of nitrogen functional groups attached to an aromatic ring is 1. The third-order valence-corrected chi connectivity index (χ3v) is 3.89. The zero-order chi connectivity index (χ0) is 14.0. The Morgan fingerprint density at radius 2 is 1.95 bits per heavy atom. The number of nitrogens with zero attached hydrogens (tertiary/aromatic N) is 2. The summed E-state index contributed by atoms with van der Waals surface area (Å²) in [6.45, 7) is 4.95. The maximum Gasteiger partial charge on any atom is 0.128 e. The molecule has 106 valence electrons. The molecule has 0 radical (unpaired) electrons. The zero-order valence-electron chi connectivity index (χ0n) is 12.1. The summed E-state index contributed by atoms with van der Waals surface area (Å²) in [4.78, 5) is 4.53.